The molecular formula is C9H13N5S. The molecule has 0 bridgehead atoms. The lowest BCUT2D eigenvalue weighted by atomic mass is 10.2. The van der Waals surface area contributed by atoms with E-state index in [-0.39, 0.29) is 0 Å². The van der Waals surface area contributed by atoms with Gasteiger partial charge in [-0.3, -0.25) is 4.68 Å². The van der Waals surface area contributed by atoms with Gasteiger partial charge in [0.1, 0.15) is 0 Å². The molecule has 0 unspecified atom stereocenters. The molecule has 6 heteroatoms. The Labute approximate surface area is 91.9 Å². The summed E-state index contributed by atoms with van der Waals surface area (Å²) < 4.78 is 1.94. The van der Waals surface area contributed by atoms with E-state index < -0.39 is 0 Å². The summed E-state index contributed by atoms with van der Waals surface area (Å²) in [7, 11) is 0. The normalized spacial score (nSPS) is 11.1. The Balaban J connectivity index is 2.32. The second-order valence-corrected chi connectivity index (χ2v) is 4.75. The minimum atomic E-state index is 0.488. The molecule has 0 aliphatic carbocycles. The Kier molecular flexibility index (Phi) is 2.68. The molecule has 2 rings (SSSR count). The zero-order chi connectivity index (χ0) is 10.8. The third-order valence-electron chi connectivity index (χ3n) is 1.91. The number of rotatable bonds is 3. The molecule has 0 amide bonds. The van der Waals surface area contributed by atoms with Gasteiger partial charge < -0.3 is 5.73 Å². The van der Waals surface area contributed by atoms with Crippen LogP contribution >= 0.6 is 11.3 Å². The molecule has 2 aromatic heterocycles. The van der Waals surface area contributed by atoms with Crippen molar-refractivity contribution in [3.8, 4) is 10.7 Å². The van der Waals surface area contributed by atoms with Gasteiger partial charge in [-0.25, -0.2) is 0 Å². The number of hydrogen-bond acceptors (Lipinski definition) is 5. The first-order valence-electron chi connectivity index (χ1n) is 4.78. The Morgan fingerprint density at radius 3 is 2.87 bits per heavy atom. The van der Waals surface area contributed by atoms with Crippen molar-refractivity contribution >= 4 is 16.5 Å². The molecule has 80 valence electrons. The van der Waals surface area contributed by atoms with Crippen molar-refractivity contribution in [3.63, 3.8) is 0 Å². The Morgan fingerprint density at radius 2 is 2.27 bits per heavy atom. The van der Waals surface area contributed by atoms with Crippen molar-refractivity contribution in [1.82, 2.24) is 20.0 Å². The van der Waals surface area contributed by atoms with E-state index >= 15 is 0 Å². The van der Waals surface area contributed by atoms with Crippen LogP contribution in [0.1, 0.15) is 13.8 Å². The van der Waals surface area contributed by atoms with Crippen molar-refractivity contribution in [3.05, 3.63) is 12.3 Å². The molecule has 0 saturated carbocycles. The van der Waals surface area contributed by atoms with Gasteiger partial charge in [0.05, 0.1) is 5.69 Å². The van der Waals surface area contributed by atoms with E-state index in [1.54, 1.807) is 6.20 Å². The fourth-order valence-electron chi connectivity index (χ4n) is 1.34. The van der Waals surface area contributed by atoms with Gasteiger partial charge in [-0.05, 0) is 12.0 Å². The average molecular weight is 223 g/mol. The molecule has 2 aromatic rings. The lowest BCUT2D eigenvalue weighted by Gasteiger charge is -2.07. The molecule has 0 aliphatic heterocycles. The standard InChI is InChI=1S/C9H13N5S/c1-6(2)5-14-7(3-4-11-14)8-12-13-9(10)15-8/h3-4,6H,5H2,1-2H3,(H2,10,13). The molecule has 2 heterocycles. The maximum Gasteiger partial charge on any atom is 0.203 e. The van der Waals surface area contributed by atoms with Gasteiger partial charge in [-0.1, -0.05) is 25.2 Å². The smallest absolute Gasteiger partial charge is 0.203 e. The Morgan fingerprint density at radius 1 is 1.47 bits per heavy atom. The molecule has 0 aliphatic rings. The van der Waals surface area contributed by atoms with Gasteiger partial charge >= 0.3 is 0 Å². The SMILES string of the molecule is CC(C)Cn1nccc1-c1nnc(N)s1. The summed E-state index contributed by atoms with van der Waals surface area (Å²) in [6.07, 6.45) is 1.77. The summed E-state index contributed by atoms with van der Waals surface area (Å²) in [5.74, 6) is 0.550. The number of nitrogen functional groups attached to an aromatic ring is 1. The molecule has 0 saturated heterocycles. The van der Waals surface area contributed by atoms with Crippen LogP contribution < -0.4 is 5.73 Å². The molecule has 5 nitrogen and oxygen atoms in total. The Bertz CT molecular complexity index is 445. The summed E-state index contributed by atoms with van der Waals surface area (Å²) >= 11 is 1.38. The van der Waals surface area contributed by atoms with Gasteiger partial charge in [0.2, 0.25) is 5.13 Å². The highest BCUT2D eigenvalue weighted by atomic mass is 32.1. The van der Waals surface area contributed by atoms with E-state index in [1.165, 1.54) is 11.3 Å². The number of hydrogen-bond donors (Lipinski definition) is 1. The molecular weight excluding hydrogens is 210 g/mol. The van der Waals surface area contributed by atoms with E-state index in [0.717, 1.165) is 17.2 Å². The largest absolute Gasteiger partial charge is 0.374 e. The first-order chi connectivity index (χ1) is 7.16. The van der Waals surface area contributed by atoms with Crippen molar-refractivity contribution in [2.45, 2.75) is 20.4 Å². The highest BCUT2D eigenvalue weighted by Gasteiger charge is 2.10. The third-order valence-corrected chi connectivity index (χ3v) is 2.69. The maximum atomic E-state index is 5.55. The monoisotopic (exact) mass is 223 g/mol. The van der Waals surface area contributed by atoms with Crippen molar-refractivity contribution in [2.75, 3.05) is 5.73 Å². The molecule has 15 heavy (non-hydrogen) atoms. The third kappa shape index (κ3) is 2.15. The van der Waals surface area contributed by atoms with Crippen LogP contribution in [0, 0.1) is 5.92 Å². The van der Waals surface area contributed by atoms with Gasteiger partial charge in [0.25, 0.3) is 0 Å². The summed E-state index contributed by atoms with van der Waals surface area (Å²) in [6.45, 7) is 5.18. The van der Waals surface area contributed by atoms with Gasteiger partial charge in [-0.2, -0.15) is 5.10 Å². The van der Waals surface area contributed by atoms with Crippen LogP contribution in [0.4, 0.5) is 5.13 Å². The van der Waals surface area contributed by atoms with Crippen molar-refractivity contribution in [1.29, 1.82) is 0 Å². The number of aromatic nitrogens is 4. The summed E-state index contributed by atoms with van der Waals surface area (Å²) in [5.41, 5.74) is 6.54. The summed E-state index contributed by atoms with van der Waals surface area (Å²) in [5, 5.41) is 13.4. The minimum Gasteiger partial charge on any atom is -0.374 e. The predicted molar refractivity (Wildman–Crippen MR) is 60.4 cm³/mol. The van der Waals surface area contributed by atoms with Crippen LogP contribution in [-0.4, -0.2) is 20.0 Å². The minimum absolute atomic E-state index is 0.488. The van der Waals surface area contributed by atoms with Crippen LogP contribution in [0.15, 0.2) is 12.3 Å². The van der Waals surface area contributed by atoms with Crippen LogP contribution in [-0.2, 0) is 6.54 Å². The molecule has 0 radical (unpaired) electrons. The molecule has 0 fully saturated rings. The predicted octanol–water partition coefficient (Wildman–Crippen LogP) is 1.64. The van der Waals surface area contributed by atoms with Crippen LogP contribution in [0.2, 0.25) is 0 Å². The summed E-state index contributed by atoms with van der Waals surface area (Å²) in [4.78, 5) is 0. The second kappa shape index (κ2) is 3.98. The highest BCUT2D eigenvalue weighted by Crippen LogP contribution is 2.24. The lowest BCUT2D eigenvalue weighted by molar-refractivity contribution is 0.487. The first kappa shape index (κ1) is 10.1. The number of nitrogens with two attached hydrogens (primary N) is 1. The van der Waals surface area contributed by atoms with Gasteiger partial charge in [-0.15, -0.1) is 10.2 Å². The maximum absolute atomic E-state index is 5.55. The van der Waals surface area contributed by atoms with Gasteiger partial charge in [0, 0.05) is 12.7 Å². The quantitative estimate of drug-likeness (QED) is 0.858. The van der Waals surface area contributed by atoms with Crippen LogP contribution in [0.25, 0.3) is 10.7 Å². The summed E-state index contributed by atoms with van der Waals surface area (Å²) in [6, 6.07) is 1.93. The van der Waals surface area contributed by atoms with Crippen molar-refractivity contribution < 1.29 is 0 Å². The average Bonchev–Trinajstić information content (AvgIpc) is 2.72. The molecule has 0 atom stereocenters. The number of anilines is 1. The lowest BCUT2D eigenvalue weighted by Crippen LogP contribution is -2.07. The van der Waals surface area contributed by atoms with Crippen LogP contribution in [0.5, 0.6) is 0 Å². The zero-order valence-electron chi connectivity index (χ0n) is 8.71. The van der Waals surface area contributed by atoms with E-state index in [0.29, 0.717) is 11.0 Å². The highest BCUT2D eigenvalue weighted by molar-refractivity contribution is 7.18. The fourth-order valence-corrected chi connectivity index (χ4v) is 1.98. The van der Waals surface area contributed by atoms with E-state index in [9.17, 15) is 0 Å². The zero-order valence-corrected chi connectivity index (χ0v) is 9.53. The first-order valence-corrected chi connectivity index (χ1v) is 5.59. The van der Waals surface area contributed by atoms with E-state index in [1.807, 2.05) is 10.7 Å². The molecule has 2 N–H and O–H groups in total. The second-order valence-electron chi connectivity index (χ2n) is 3.74. The fraction of sp³-hybridized carbons (Fsp3) is 0.444. The van der Waals surface area contributed by atoms with E-state index in [2.05, 4.69) is 29.1 Å². The van der Waals surface area contributed by atoms with Crippen molar-refractivity contribution in [2.24, 2.45) is 5.92 Å². The van der Waals surface area contributed by atoms with Gasteiger partial charge in [0.15, 0.2) is 5.01 Å². The molecule has 0 aromatic carbocycles. The number of nitrogens with zero attached hydrogens (tertiary/aromatic N) is 4. The topological polar surface area (TPSA) is 69.6 Å². The molecule has 0 spiro atoms. The Hall–Kier alpha value is -1.43. The van der Waals surface area contributed by atoms with E-state index in [4.69, 9.17) is 5.73 Å². The van der Waals surface area contributed by atoms with Crippen LogP contribution in [0.3, 0.4) is 0 Å².